The molecule has 0 aromatic heterocycles. The first-order valence-electron chi connectivity index (χ1n) is 7.32. The van der Waals surface area contributed by atoms with Crippen LogP contribution in [0.1, 0.15) is 44.7 Å². The van der Waals surface area contributed by atoms with E-state index < -0.39 is 8.07 Å². The van der Waals surface area contributed by atoms with Crippen molar-refractivity contribution >= 4 is 8.07 Å². The van der Waals surface area contributed by atoms with Gasteiger partial charge in [-0.05, 0) is 38.8 Å². The average molecular weight is 521 g/mol. The predicted octanol–water partition coefficient (Wildman–Crippen LogP) is -0.399. The Balaban J connectivity index is 0. The van der Waals surface area contributed by atoms with Crippen molar-refractivity contribution in [1.82, 2.24) is 0 Å². The molecule has 0 saturated heterocycles. The first-order chi connectivity index (χ1) is 8.72. The zero-order chi connectivity index (χ0) is 14.4. The molecule has 0 amide bonds. The Labute approximate surface area is 168 Å². The Kier molecular flexibility index (Phi) is 10.2. The van der Waals surface area contributed by atoms with Crippen molar-refractivity contribution in [2.75, 3.05) is 0 Å². The molecule has 1 aliphatic rings. The fourth-order valence-corrected chi connectivity index (χ4v) is 4.77. The largest absolute Gasteiger partial charge is 1.00 e. The summed E-state index contributed by atoms with van der Waals surface area (Å²) in [6, 6.07) is 8.23. The molecule has 0 bridgehead atoms. The summed E-state index contributed by atoms with van der Waals surface area (Å²) < 4.78 is 0. The maximum Gasteiger partial charge on any atom is 0.0371 e. The monoisotopic (exact) mass is 521 g/mol. The van der Waals surface area contributed by atoms with Crippen molar-refractivity contribution in [3.63, 3.8) is 0 Å². The number of allylic oxidation sites excluding steroid dienone is 4. The quantitative estimate of drug-likeness (QED) is 0.376. The van der Waals surface area contributed by atoms with Crippen LogP contribution in [0.4, 0.5) is 0 Å². The Bertz CT molecular complexity index is 538. The molecular weight excluding hydrogens is 494 g/mol. The van der Waals surface area contributed by atoms with Crippen molar-refractivity contribution in [2.24, 2.45) is 0 Å². The van der Waals surface area contributed by atoms with E-state index in [1.54, 1.807) is 22.3 Å². The van der Waals surface area contributed by atoms with E-state index in [9.17, 15) is 0 Å². The minimum absolute atomic E-state index is 0. The standard InChI is InChI=1S/C18H27Si.2ClH.Hf/c1-12-13(2)15(4)18(14(12)3)17-10-8-9-16(17)11-19(5,6)7;;;/h8-10,18H,11H2,1-7H3;2*1H;/q-1;;;/p-2. The summed E-state index contributed by atoms with van der Waals surface area (Å²) in [5, 5.41) is 0. The summed E-state index contributed by atoms with van der Waals surface area (Å²) in [7, 11) is -1.05. The molecule has 1 aromatic rings. The maximum absolute atomic E-state index is 2.46. The van der Waals surface area contributed by atoms with Gasteiger partial charge in [0.25, 0.3) is 0 Å². The van der Waals surface area contributed by atoms with E-state index in [0.29, 0.717) is 5.92 Å². The first-order valence-corrected chi connectivity index (χ1v) is 11.0. The molecule has 1 aliphatic carbocycles. The van der Waals surface area contributed by atoms with Crippen LogP contribution in [0.15, 0.2) is 40.5 Å². The SMILES string of the molecule is CC1=C(C)C(c2ccc[c-]2C[Si](C)(C)C)C(C)=C1C.[Cl-].[Cl-].[Hf]. The van der Waals surface area contributed by atoms with Gasteiger partial charge in [0.15, 0.2) is 0 Å². The van der Waals surface area contributed by atoms with Crippen molar-refractivity contribution in [3.05, 3.63) is 51.6 Å². The fraction of sp³-hybridized carbons (Fsp3) is 0.500. The molecule has 0 heterocycles. The van der Waals surface area contributed by atoms with Gasteiger partial charge in [-0.1, -0.05) is 36.8 Å². The predicted molar refractivity (Wildman–Crippen MR) is 88.6 cm³/mol. The minimum Gasteiger partial charge on any atom is -1.00 e. The van der Waals surface area contributed by atoms with Gasteiger partial charge in [-0.2, -0.15) is 17.2 Å². The molecular formula is C18H27Cl2HfSi-3. The third-order valence-electron chi connectivity index (χ3n) is 4.59. The fourth-order valence-electron chi connectivity index (χ4n) is 3.30. The number of hydrogen-bond acceptors (Lipinski definition) is 0. The van der Waals surface area contributed by atoms with Gasteiger partial charge in [0.1, 0.15) is 0 Å². The molecule has 0 atom stereocenters. The van der Waals surface area contributed by atoms with E-state index in [1.165, 1.54) is 17.2 Å². The minimum atomic E-state index is -1.05. The van der Waals surface area contributed by atoms with Crippen molar-refractivity contribution < 1.29 is 50.7 Å². The van der Waals surface area contributed by atoms with Gasteiger partial charge in [0, 0.05) is 39.8 Å². The van der Waals surface area contributed by atoms with E-state index >= 15 is 0 Å². The molecule has 0 fully saturated rings. The molecule has 0 radical (unpaired) electrons. The van der Waals surface area contributed by atoms with Gasteiger partial charge < -0.3 is 24.8 Å². The number of rotatable bonds is 3. The van der Waals surface area contributed by atoms with Gasteiger partial charge in [-0.15, -0.1) is 0 Å². The van der Waals surface area contributed by atoms with E-state index in [0.717, 1.165) is 0 Å². The molecule has 2 rings (SSSR count). The van der Waals surface area contributed by atoms with E-state index in [2.05, 4.69) is 65.5 Å². The van der Waals surface area contributed by atoms with Gasteiger partial charge in [0.2, 0.25) is 0 Å². The molecule has 0 unspecified atom stereocenters. The average Bonchev–Trinajstić information content (AvgIpc) is 2.78. The second kappa shape index (κ2) is 9.10. The Morgan fingerprint density at radius 3 is 1.82 bits per heavy atom. The van der Waals surface area contributed by atoms with Crippen molar-refractivity contribution in [1.29, 1.82) is 0 Å². The second-order valence-corrected chi connectivity index (χ2v) is 12.8. The molecule has 0 N–H and O–H groups in total. The van der Waals surface area contributed by atoms with Gasteiger partial charge in [-0.25, -0.2) is 12.1 Å². The van der Waals surface area contributed by atoms with Crippen LogP contribution in [0.5, 0.6) is 0 Å². The van der Waals surface area contributed by atoms with E-state index in [4.69, 9.17) is 0 Å². The summed E-state index contributed by atoms with van der Waals surface area (Å²) >= 11 is 0. The smallest absolute Gasteiger partial charge is 0.0371 e. The molecule has 0 spiro atoms. The second-order valence-electron chi connectivity index (χ2n) is 7.29. The summed E-state index contributed by atoms with van der Waals surface area (Å²) in [6.45, 7) is 16.5. The van der Waals surface area contributed by atoms with Crippen LogP contribution in [0, 0.1) is 0 Å². The molecule has 4 heteroatoms. The molecule has 22 heavy (non-hydrogen) atoms. The van der Waals surface area contributed by atoms with Crippen LogP contribution in [-0.2, 0) is 31.9 Å². The summed E-state index contributed by atoms with van der Waals surface area (Å²) in [6.07, 6.45) is 0. The molecule has 1 aromatic carbocycles. The van der Waals surface area contributed by atoms with E-state index in [-0.39, 0.29) is 50.7 Å². The van der Waals surface area contributed by atoms with Gasteiger partial charge in [-0.3, -0.25) is 0 Å². The Morgan fingerprint density at radius 2 is 1.41 bits per heavy atom. The molecule has 0 aliphatic heterocycles. The third kappa shape index (κ3) is 4.99. The summed E-state index contributed by atoms with van der Waals surface area (Å²) in [5.74, 6) is 0.543. The zero-order valence-corrected chi connectivity index (χ0v) is 20.9. The van der Waals surface area contributed by atoms with Crippen LogP contribution in [-0.4, -0.2) is 8.07 Å². The van der Waals surface area contributed by atoms with Crippen LogP contribution in [0.25, 0.3) is 0 Å². The summed E-state index contributed by atoms with van der Waals surface area (Å²) in [5.41, 5.74) is 9.26. The number of hydrogen-bond donors (Lipinski definition) is 0. The third-order valence-corrected chi connectivity index (χ3v) is 6.03. The van der Waals surface area contributed by atoms with Crippen molar-refractivity contribution in [3.8, 4) is 0 Å². The van der Waals surface area contributed by atoms with Gasteiger partial charge >= 0.3 is 0 Å². The molecule has 124 valence electrons. The molecule has 0 nitrogen and oxygen atoms in total. The van der Waals surface area contributed by atoms with Crippen molar-refractivity contribution in [2.45, 2.75) is 59.3 Å². The maximum atomic E-state index is 2.46. The van der Waals surface area contributed by atoms with Crippen LogP contribution in [0.3, 0.4) is 0 Å². The first kappa shape index (κ1) is 24.7. The normalized spacial score (nSPS) is 15.4. The summed E-state index contributed by atoms with van der Waals surface area (Å²) in [4.78, 5) is 0. The zero-order valence-electron chi connectivity index (χ0n) is 14.8. The van der Waals surface area contributed by atoms with Crippen LogP contribution >= 0.6 is 0 Å². The Hall–Kier alpha value is 0.497. The Morgan fingerprint density at radius 1 is 0.955 bits per heavy atom. The van der Waals surface area contributed by atoms with E-state index in [1.807, 2.05) is 0 Å². The molecule has 0 saturated carbocycles. The van der Waals surface area contributed by atoms with Crippen LogP contribution in [0.2, 0.25) is 19.6 Å². The number of halogens is 2. The van der Waals surface area contributed by atoms with Gasteiger partial charge in [0.05, 0.1) is 0 Å². The van der Waals surface area contributed by atoms with Crippen LogP contribution < -0.4 is 24.8 Å². The topological polar surface area (TPSA) is 0 Å².